The summed E-state index contributed by atoms with van der Waals surface area (Å²) in [6.07, 6.45) is 0. The highest BCUT2D eigenvalue weighted by atomic mass is 19.1. The molecule has 1 N–H and O–H groups in total. The number of fused-ring (bicyclic) bond motifs is 1. The Morgan fingerprint density at radius 3 is 2.28 bits per heavy atom. The molecule has 0 atom stereocenters. The standard InChI is InChI=1S/C19H15F2NO3/c1-9-10(2)22-16-5-4-11(19(23)24)6-13(16)17(9)18-14(20)7-12(25-3)8-15(18)21/h4-8H,1-3H3,(H,23,24). The minimum Gasteiger partial charge on any atom is -0.497 e. The van der Waals surface area contributed by atoms with Crippen LogP contribution in [0.15, 0.2) is 30.3 Å². The van der Waals surface area contributed by atoms with Crippen molar-refractivity contribution in [3.05, 3.63) is 58.8 Å². The lowest BCUT2D eigenvalue weighted by Gasteiger charge is -2.15. The summed E-state index contributed by atoms with van der Waals surface area (Å²) in [6.45, 7) is 3.44. The number of ether oxygens (including phenoxy) is 1. The SMILES string of the molecule is COc1cc(F)c(-c2c(C)c(C)nc3ccc(C(=O)O)cc23)c(F)c1. The van der Waals surface area contributed by atoms with Crippen LogP contribution in [0.2, 0.25) is 0 Å². The Balaban J connectivity index is 2.44. The van der Waals surface area contributed by atoms with Crippen molar-refractivity contribution < 1.29 is 23.4 Å². The number of aryl methyl sites for hydroxylation is 1. The molecule has 0 aliphatic rings. The maximum Gasteiger partial charge on any atom is 0.335 e. The first kappa shape index (κ1) is 16.8. The number of carboxylic acid groups (broad SMARTS) is 1. The number of hydrogen-bond donors (Lipinski definition) is 1. The molecule has 0 saturated carbocycles. The van der Waals surface area contributed by atoms with Crippen LogP contribution in [0.1, 0.15) is 21.6 Å². The van der Waals surface area contributed by atoms with Crippen LogP contribution in [0.25, 0.3) is 22.0 Å². The Morgan fingerprint density at radius 2 is 1.72 bits per heavy atom. The van der Waals surface area contributed by atoms with Crippen LogP contribution in [-0.2, 0) is 0 Å². The van der Waals surface area contributed by atoms with Gasteiger partial charge in [0.25, 0.3) is 0 Å². The zero-order valence-electron chi connectivity index (χ0n) is 13.9. The molecular formula is C19H15F2NO3. The summed E-state index contributed by atoms with van der Waals surface area (Å²) in [7, 11) is 1.32. The lowest BCUT2D eigenvalue weighted by Crippen LogP contribution is -2.01. The lowest BCUT2D eigenvalue weighted by molar-refractivity contribution is 0.0697. The molecule has 0 radical (unpaired) electrons. The molecule has 1 aromatic heterocycles. The van der Waals surface area contributed by atoms with Crippen LogP contribution < -0.4 is 4.74 Å². The fourth-order valence-corrected chi connectivity index (χ4v) is 2.84. The molecule has 0 bridgehead atoms. The van der Waals surface area contributed by atoms with Gasteiger partial charge in [-0.3, -0.25) is 4.98 Å². The van der Waals surface area contributed by atoms with Crippen LogP contribution in [0.3, 0.4) is 0 Å². The van der Waals surface area contributed by atoms with E-state index in [9.17, 15) is 18.7 Å². The molecule has 0 spiro atoms. The number of pyridine rings is 1. The molecule has 3 aromatic rings. The summed E-state index contributed by atoms with van der Waals surface area (Å²) >= 11 is 0. The number of aromatic nitrogens is 1. The monoisotopic (exact) mass is 343 g/mol. The summed E-state index contributed by atoms with van der Waals surface area (Å²) in [5, 5.41) is 9.60. The summed E-state index contributed by atoms with van der Waals surface area (Å²) < 4.78 is 34.1. The number of carbonyl (C=O) groups is 1. The van der Waals surface area contributed by atoms with Gasteiger partial charge in [0, 0.05) is 28.8 Å². The van der Waals surface area contributed by atoms with Gasteiger partial charge in [-0.1, -0.05) is 0 Å². The highest BCUT2D eigenvalue weighted by Gasteiger charge is 2.21. The van der Waals surface area contributed by atoms with E-state index >= 15 is 0 Å². The number of methoxy groups -OCH3 is 1. The van der Waals surface area contributed by atoms with E-state index in [0.717, 1.165) is 12.1 Å². The van der Waals surface area contributed by atoms with Gasteiger partial charge >= 0.3 is 5.97 Å². The third-order valence-electron chi connectivity index (χ3n) is 4.22. The van der Waals surface area contributed by atoms with Crippen molar-refractivity contribution in [3.8, 4) is 16.9 Å². The third-order valence-corrected chi connectivity index (χ3v) is 4.22. The summed E-state index contributed by atoms with van der Waals surface area (Å²) in [5.74, 6) is -2.63. The molecule has 0 saturated heterocycles. The van der Waals surface area contributed by atoms with Gasteiger partial charge in [0.05, 0.1) is 23.8 Å². The molecule has 0 aliphatic carbocycles. The maximum atomic E-state index is 14.6. The van der Waals surface area contributed by atoms with Crippen molar-refractivity contribution in [1.82, 2.24) is 4.98 Å². The van der Waals surface area contributed by atoms with Gasteiger partial charge in [0.2, 0.25) is 0 Å². The summed E-state index contributed by atoms with van der Waals surface area (Å²) in [5.41, 5.74) is 1.75. The van der Waals surface area contributed by atoms with E-state index in [-0.39, 0.29) is 16.9 Å². The number of rotatable bonds is 3. The van der Waals surface area contributed by atoms with Crippen molar-refractivity contribution in [2.75, 3.05) is 7.11 Å². The van der Waals surface area contributed by atoms with Crippen molar-refractivity contribution >= 4 is 16.9 Å². The van der Waals surface area contributed by atoms with Gasteiger partial charge < -0.3 is 9.84 Å². The molecule has 3 rings (SSSR count). The van der Waals surface area contributed by atoms with Crippen LogP contribution >= 0.6 is 0 Å². The van der Waals surface area contributed by atoms with Crippen LogP contribution in [0.4, 0.5) is 8.78 Å². The van der Waals surface area contributed by atoms with E-state index in [1.165, 1.54) is 25.3 Å². The number of aromatic carboxylic acids is 1. The molecule has 0 unspecified atom stereocenters. The fourth-order valence-electron chi connectivity index (χ4n) is 2.84. The number of carboxylic acids is 1. The second-order valence-corrected chi connectivity index (χ2v) is 5.70. The van der Waals surface area contributed by atoms with E-state index in [0.29, 0.717) is 27.7 Å². The Labute approximate surface area is 142 Å². The molecule has 128 valence electrons. The minimum absolute atomic E-state index is 0.0214. The average Bonchev–Trinajstić information content (AvgIpc) is 2.56. The topological polar surface area (TPSA) is 59.4 Å². The molecule has 0 fully saturated rings. The van der Waals surface area contributed by atoms with E-state index in [2.05, 4.69) is 4.98 Å². The Bertz CT molecular complexity index is 992. The van der Waals surface area contributed by atoms with Gasteiger partial charge in [-0.2, -0.15) is 0 Å². The van der Waals surface area contributed by atoms with Gasteiger partial charge in [-0.15, -0.1) is 0 Å². The third kappa shape index (κ3) is 2.80. The first-order chi connectivity index (χ1) is 11.8. The molecule has 25 heavy (non-hydrogen) atoms. The maximum absolute atomic E-state index is 14.6. The highest BCUT2D eigenvalue weighted by molar-refractivity contribution is 6.01. The zero-order valence-corrected chi connectivity index (χ0v) is 13.9. The van der Waals surface area contributed by atoms with Gasteiger partial charge in [0.15, 0.2) is 0 Å². The first-order valence-electron chi connectivity index (χ1n) is 7.51. The van der Waals surface area contributed by atoms with Gasteiger partial charge in [-0.25, -0.2) is 13.6 Å². The Morgan fingerprint density at radius 1 is 1.08 bits per heavy atom. The average molecular weight is 343 g/mol. The number of benzene rings is 2. The zero-order chi connectivity index (χ0) is 18.3. The molecule has 4 nitrogen and oxygen atoms in total. The number of nitrogens with zero attached hydrogens (tertiary/aromatic N) is 1. The fraction of sp³-hybridized carbons (Fsp3) is 0.158. The van der Waals surface area contributed by atoms with E-state index < -0.39 is 17.6 Å². The van der Waals surface area contributed by atoms with Crippen molar-refractivity contribution in [3.63, 3.8) is 0 Å². The molecular weight excluding hydrogens is 328 g/mol. The molecule has 6 heteroatoms. The van der Waals surface area contributed by atoms with Crippen LogP contribution in [-0.4, -0.2) is 23.2 Å². The van der Waals surface area contributed by atoms with Crippen molar-refractivity contribution in [1.29, 1.82) is 0 Å². The quantitative estimate of drug-likeness (QED) is 0.760. The normalized spacial score (nSPS) is 10.9. The van der Waals surface area contributed by atoms with Gasteiger partial charge in [-0.05, 0) is 37.6 Å². The smallest absolute Gasteiger partial charge is 0.335 e. The Kier molecular flexibility index (Phi) is 4.12. The lowest BCUT2D eigenvalue weighted by atomic mass is 9.93. The first-order valence-corrected chi connectivity index (χ1v) is 7.51. The molecule has 1 heterocycles. The van der Waals surface area contributed by atoms with Crippen LogP contribution in [0, 0.1) is 25.5 Å². The van der Waals surface area contributed by atoms with Gasteiger partial charge in [0.1, 0.15) is 17.4 Å². The number of hydrogen-bond acceptors (Lipinski definition) is 3. The summed E-state index contributed by atoms with van der Waals surface area (Å²) in [6, 6.07) is 6.53. The second kappa shape index (κ2) is 6.12. The summed E-state index contributed by atoms with van der Waals surface area (Å²) in [4.78, 5) is 15.7. The molecule has 2 aromatic carbocycles. The molecule has 0 amide bonds. The van der Waals surface area contributed by atoms with E-state index in [4.69, 9.17) is 4.74 Å². The van der Waals surface area contributed by atoms with Crippen molar-refractivity contribution in [2.24, 2.45) is 0 Å². The predicted octanol–water partition coefficient (Wildman–Crippen LogP) is 4.50. The largest absolute Gasteiger partial charge is 0.497 e. The van der Waals surface area contributed by atoms with E-state index in [1.54, 1.807) is 13.8 Å². The van der Waals surface area contributed by atoms with E-state index in [1.807, 2.05) is 0 Å². The predicted molar refractivity (Wildman–Crippen MR) is 90.1 cm³/mol. The highest BCUT2D eigenvalue weighted by Crippen LogP contribution is 2.37. The van der Waals surface area contributed by atoms with Crippen LogP contribution in [0.5, 0.6) is 5.75 Å². The number of halogens is 2. The van der Waals surface area contributed by atoms with Crippen molar-refractivity contribution in [2.45, 2.75) is 13.8 Å². The molecule has 0 aliphatic heterocycles. The minimum atomic E-state index is -1.12. The second-order valence-electron chi connectivity index (χ2n) is 5.70. The Hall–Kier alpha value is -3.02.